The lowest BCUT2D eigenvalue weighted by atomic mass is 9.94. The fraction of sp³-hybridized carbons (Fsp3) is 0.214. The van der Waals surface area contributed by atoms with Crippen molar-refractivity contribution in [3.63, 3.8) is 0 Å². The van der Waals surface area contributed by atoms with Crippen LogP contribution in [0.4, 0.5) is 4.79 Å². The number of aliphatic carboxylic acids is 1. The van der Waals surface area contributed by atoms with Crippen molar-refractivity contribution in [1.82, 2.24) is 10.2 Å². The number of nitrogens with one attached hydrogen (secondary N) is 1. The molecular formula is C14H14N2O5S. The minimum Gasteiger partial charge on any atom is -0.497 e. The molecule has 0 bridgehead atoms. The summed E-state index contributed by atoms with van der Waals surface area (Å²) in [6.45, 7) is 1.54. The minimum atomic E-state index is -1.34. The summed E-state index contributed by atoms with van der Waals surface area (Å²) in [6.07, 6.45) is -1.34. The highest BCUT2D eigenvalue weighted by molar-refractivity contribution is 7.80. The van der Waals surface area contributed by atoms with E-state index in [-0.39, 0.29) is 10.7 Å². The van der Waals surface area contributed by atoms with E-state index in [0.717, 1.165) is 4.90 Å². The molecule has 1 aliphatic rings. The van der Waals surface area contributed by atoms with Gasteiger partial charge in [-0.1, -0.05) is 12.1 Å². The van der Waals surface area contributed by atoms with Gasteiger partial charge in [0.05, 0.1) is 12.7 Å². The lowest BCUT2D eigenvalue weighted by Crippen LogP contribution is -2.50. The fourth-order valence-corrected chi connectivity index (χ4v) is 2.68. The van der Waals surface area contributed by atoms with Crippen molar-refractivity contribution in [2.24, 2.45) is 0 Å². The maximum atomic E-state index is 11.6. The zero-order chi connectivity index (χ0) is 16.4. The highest BCUT2D eigenvalue weighted by atomic mass is 32.1. The van der Waals surface area contributed by atoms with Crippen molar-refractivity contribution in [2.75, 3.05) is 7.11 Å². The first-order valence-electron chi connectivity index (χ1n) is 6.28. The second-order valence-electron chi connectivity index (χ2n) is 4.61. The Morgan fingerprint density at radius 1 is 1.36 bits per heavy atom. The van der Waals surface area contributed by atoms with Gasteiger partial charge in [0.25, 0.3) is 0 Å². The Morgan fingerprint density at radius 2 is 2.05 bits per heavy atom. The third-order valence-electron chi connectivity index (χ3n) is 3.29. The van der Waals surface area contributed by atoms with Gasteiger partial charge in [-0.15, -0.1) is 0 Å². The number of allylic oxidation sites excluding steroid dienone is 1. The fourth-order valence-electron chi connectivity index (χ4n) is 2.34. The molecule has 1 unspecified atom stereocenters. The molecule has 0 aromatic heterocycles. The summed E-state index contributed by atoms with van der Waals surface area (Å²) >= 11 is 5.03. The maximum absolute atomic E-state index is 11.6. The first-order chi connectivity index (χ1) is 10.4. The van der Waals surface area contributed by atoms with Gasteiger partial charge >= 0.3 is 12.1 Å². The van der Waals surface area contributed by atoms with Crippen LogP contribution in [0.2, 0.25) is 0 Å². The minimum absolute atomic E-state index is 0.0668. The lowest BCUT2D eigenvalue weighted by Gasteiger charge is -2.36. The number of carboxylic acids is 1. The van der Waals surface area contributed by atoms with Gasteiger partial charge in [-0.25, -0.2) is 14.5 Å². The van der Waals surface area contributed by atoms with Crippen molar-refractivity contribution in [3.8, 4) is 5.75 Å². The molecule has 0 fully saturated rings. The van der Waals surface area contributed by atoms with Crippen LogP contribution in [0.5, 0.6) is 5.75 Å². The molecule has 1 aromatic rings. The van der Waals surface area contributed by atoms with Gasteiger partial charge in [0, 0.05) is 5.70 Å². The van der Waals surface area contributed by atoms with Gasteiger partial charge in [-0.2, -0.15) is 0 Å². The van der Waals surface area contributed by atoms with Crippen LogP contribution in [0, 0.1) is 0 Å². The van der Waals surface area contributed by atoms with E-state index < -0.39 is 18.1 Å². The maximum Gasteiger partial charge on any atom is 0.414 e. The van der Waals surface area contributed by atoms with Crippen molar-refractivity contribution in [1.29, 1.82) is 0 Å². The van der Waals surface area contributed by atoms with Crippen LogP contribution in [-0.4, -0.2) is 39.4 Å². The Morgan fingerprint density at radius 3 is 2.59 bits per heavy atom. The summed E-state index contributed by atoms with van der Waals surface area (Å²) in [5.74, 6) is -0.721. The van der Waals surface area contributed by atoms with Gasteiger partial charge in [-0.3, -0.25) is 0 Å². The van der Waals surface area contributed by atoms with E-state index in [9.17, 15) is 19.8 Å². The van der Waals surface area contributed by atoms with Crippen LogP contribution in [-0.2, 0) is 4.79 Å². The predicted molar refractivity (Wildman–Crippen MR) is 81.7 cm³/mol. The van der Waals surface area contributed by atoms with Crippen LogP contribution in [0.15, 0.2) is 35.5 Å². The van der Waals surface area contributed by atoms with Gasteiger partial charge < -0.3 is 20.3 Å². The van der Waals surface area contributed by atoms with Crippen molar-refractivity contribution in [2.45, 2.75) is 13.0 Å². The van der Waals surface area contributed by atoms with Crippen molar-refractivity contribution in [3.05, 3.63) is 41.1 Å². The van der Waals surface area contributed by atoms with E-state index in [0.29, 0.717) is 17.0 Å². The quantitative estimate of drug-likeness (QED) is 0.732. The zero-order valence-electron chi connectivity index (χ0n) is 11.9. The molecule has 1 aliphatic heterocycles. The number of thiocarbonyl (C=S) groups is 1. The number of benzene rings is 1. The number of methoxy groups -OCH3 is 1. The molecule has 0 radical (unpaired) electrons. The third kappa shape index (κ3) is 2.73. The van der Waals surface area contributed by atoms with Crippen LogP contribution in [0.3, 0.4) is 0 Å². The molecule has 3 N–H and O–H groups in total. The molecule has 1 amide bonds. The van der Waals surface area contributed by atoms with Gasteiger partial charge in [0.2, 0.25) is 0 Å². The zero-order valence-corrected chi connectivity index (χ0v) is 12.7. The number of carbonyl (C=O) groups is 2. The molecule has 8 heteroatoms. The van der Waals surface area contributed by atoms with Gasteiger partial charge in [0.15, 0.2) is 5.11 Å². The molecule has 0 saturated carbocycles. The number of carboxylic acid groups (broad SMARTS) is 2. The Bertz CT molecular complexity index is 686. The average Bonchev–Trinajstić information content (AvgIpc) is 2.45. The molecule has 2 rings (SSSR count). The van der Waals surface area contributed by atoms with Crippen LogP contribution in [0.25, 0.3) is 0 Å². The molecule has 116 valence electrons. The summed E-state index contributed by atoms with van der Waals surface area (Å²) in [5, 5.41) is 21.4. The number of hydrogen-bond acceptors (Lipinski definition) is 4. The Kier molecular flexibility index (Phi) is 4.32. The molecule has 0 aliphatic carbocycles. The Hall–Kier alpha value is -2.61. The first kappa shape index (κ1) is 15.8. The molecule has 1 atom stereocenters. The number of rotatable bonds is 3. The number of hydrogen-bond donors (Lipinski definition) is 3. The standard InChI is InChI=1S/C14H14N2O5S/c1-7-10(12(17)18)11(16(14(19)20)13(22)15-7)8-4-3-5-9(6-8)21-2/h3-6,11H,1-2H3,(H,15,22)(H,17,18)(H,19,20). The highest BCUT2D eigenvalue weighted by Gasteiger charge is 2.39. The Balaban J connectivity index is 2.66. The predicted octanol–water partition coefficient (Wildman–Crippen LogP) is 1.96. The molecular weight excluding hydrogens is 308 g/mol. The number of amides is 1. The summed E-state index contributed by atoms with van der Waals surface area (Å²) in [7, 11) is 1.47. The summed E-state index contributed by atoms with van der Waals surface area (Å²) in [6, 6.07) is 5.52. The summed E-state index contributed by atoms with van der Waals surface area (Å²) in [4.78, 5) is 23.9. The topological polar surface area (TPSA) is 99.1 Å². The third-order valence-corrected chi connectivity index (χ3v) is 3.59. The second-order valence-corrected chi connectivity index (χ2v) is 4.99. The van der Waals surface area contributed by atoms with Gasteiger partial charge in [-0.05, 0) is 36.8 Å². The molecule has 0 saturated heterocycles. The number of nitrogens with zero attached hydrogens (tertiary/aromatic N) is 1. The van der Waals surface area contributed by atoms with E-state index >= 15 is 0 Å². The molecule has 1 aromatic carbocycles. The van der Waals surface area contributed by atoms with Crippen LogP contribution in [0.1, 0.15) is 18.5 Å². The molecule has 22 heavy (non-hydrogen) atoms. The normalized spacial score (nSPS) is 18.0. The summed E-state index contributed by atoms with van der Waals surface area (Å²) < 4.78 is 5.11. The second kappa shape index (κ2) is 6.02. The average molecular weight is 322 g/mol. The van der Waals surface area contributed by atoms with E-state index in [1.807, 2.05) is 0 Å². The SMILES string of the molecule is COc1cccc(C2C(C(=O)O)=C(C)NC(=S)N2C(=O)O)c1. The monoisotopic (exact) mass is 322 g/mol. The number of ether oxygens (including phenoxy) is 1. The van der Waals surface area contributed by atoms with Crippen molar-refractivity contribution < 1.29 is 24.5 Å². The largest absolute Gasteiger partial charge is 0.497 e. The lowest BCUT2D eigenvalue weighted by molar-refractivity contribution is -0.133. The van der Waals surface area contributed by atoms with E-state index in [4.69, 9.17) is 17.0 Å². The molecule has 1 heterocycles. The smallest absolute Gasteiger partial charge is 0.414 e. The first-order valence-corrected chi connectivity index (χ1v) is 6.68. The highest BCUT2D eigenvalue weighted by Crippen LogP contribution is 2.35. The van der Waals surface area contributed by atoms with Gasteiger partial charge in [0.1, 0.15) is 11.8 Å². The molecule has 7 nitrogen and oxygen atoms in total. The summed E-state index contributed by atoms with van der Waals surface area (Å²) in [5.41, 5.74) is 0.689. The van der Waals surface area contributed by atoms with E-state index in [1.54, 1.807) is 31.2 Å². The van der Waals surface area contributed by atoms with Crippen LogP contribution >= 0.6 is 12.2 Å². The Labute approximate surface area is 131 Å². The van der Waals surface area contributed by atoms with Crippen LogP contribution < -0.4 is 10.1 Å². The van der Waals surface area contributed by atoms with Crippen molar-refractivity contribution >= 4 is 29.4 Å². The van der Waals surface area contributed by atoms with E-state index in [2.05, 4.69) is 5.32 Å². The molecule has 0 spiro atoms. The van der Waals surface area contributed by atoms with E-state index in [1.165, 1.54) is 7.11 Å².